The largest absolute Gasteiger partial charge is 0.276 e. The van der Waals surface area contributed by atoms with E-state index < -0.39 is 0 Å². The Labute approximate surface area is 44.8 Å². The van der Waals surface area contributed by atoms with Gasteiger partial charge in [0.15, 0.2) is 0 Å². The molecule has 0 saturated heterocycles. The maximum absolute atomic E-state index is 3.74. The number of nitrogens with zero attached hydrogens (tertiary/aromatic N) is 1. The number of rotatable bonds is 2. The highest BCUT2D eigenvalue weighted by atomic mass is 14.5. The highest BCUT2D eigenvalue weighted by molar-refractivity contribution is 5.81. The maximum Gasteiger partial charge on any atom is 0.276 e. The third-order valence-corrected chi connectivity index (χ3v) is 0.882. The summed E-state index contributed by atoms with van der Waals surface area (Å²) < 4.78 is 3.74. The van der Waals surface area contributed by atoms with Crippen LogP contribution in [0.1, 0.15) is 26.7 Å². The summed E-state index contributed by atoms with van der Waals surface area (Å²) in [6.45, 7) is 7.52. The van der Waals surface area contributed by atoms with Crippen molar-refractivity contribution in [2.75, 3.05) is 0 Å². The average Bonchev–Trinajstić information content (AvgIpc) is 1.68. The van der Waals surface area contributed by atoms with Crippen molar-refractivity contribution < 1.29 is 0 Å². The van der Waals surface area contributed by atoms with Crippen molar-refractivity contribution in [2.45, 2.75) is 26.7 Å². The van der Waals surface area contributed by atoms with E-state index in [4.69, 9.17) is 0 Å². The molecule has 0 amide bonds. The predicted octanol–water partition coefficient (Wildman–Crippen LogP) is 1.02. The molecule has 0 aromatic heterocycles. The lowest BCUT2D eigenvalue weighted by atomic mass is 10.2. The molecular formula is C6H12N+. The second kappa shape index (κ2) is 3.63. The summed E-state index contributed by atoms with van der Waals surface area (Å²) in [6, 6.07) is 0. The highest BCUT2D eigenvalue weighted by Gasteiger charge is 1.93. The minimum atomic E-state index is 1.09. The molecule has 0 aromatic rings. The summed E-state index contributed by atoms with van der Waals surface area (Å²) in [5, 5.41) is 0. The zero-order valence-corrected chi connectivity index (χ0v) is 5.07. The van der Waals surface area contributed by atoms with Gasteiger partial charge in [0.25, 0.3) is 12.4 Å². The van der Waals surface area contributed by atoms with Gasteiger partial charge in [-0.3, -0.25) is 0 Å². The Morgan fingerprint density at radius 2 is 2.29 bits per heavy atom. The Morgan fingerprint density at radius 3 is 2.43 bits per heavy atom. The summed E-state index contributed by atoms with van der Waals surface area (Å²) in [5.41, 5.74) is 1.14. The fourth-order valence-electron chi connectivity index (χ4n) is 0.441. The van der Waals surface area contributed by atoms with Crippen LogP contribution in [0.2, 0.25) is 0 Å². The van der Waals surface area contributed by atoms with E-state index in [9.17, 15) is 0 Å². The molecule has 0 rings (SSSR count). The van der Waals surface area contributed by atoms with E-state index in [1.165, 1.54) is 6.42 Å². The summed E-state index contributed by atoms with van der Waals surface area (Å²) in [5.74, 6) is 0. The van der Waals surface area contributed by atoms with Gasteiger partial charge in [-0.05, 0) is 6.42 Å². The second-order valence-corrected chi connectivity index (χ2v) is 1.64. The van der Waals surface area contributed by atoms with Gasteiger partial charge in [0.1, 0.15) is 0 Å². The highest BCUT2D eigenvalue weighted by Crippen LogP contribution is 1.84. The van der Waals surface area contributed by atoms with Gasteiger partial charge in [0.05, 0.1) is 0 Å². The molecule has 1 heteroatoms. The Morgan fingerprint density at radius 1 is 1.71 bits per heavy atom. The second-order valence-electron chi connectivity index (χ2n) is 1.64. The van der Waals surface area contributed by atoms with E-state index >= 15 is 0 Å². The molecular weight excluding hydrogens is 86.1 g/mol. The topological polar surface area (TPSA) is 14.1 Å². The molecule has 0 aromatic carbocycles. The van der Waals surface area contributed by atoms with Crippen LogP contribution < -0.4 is 4.67 Å². The minimum Gasteiger partial charge on any atom is -0.111 e. The first-order chi connectivity index (χ1) is 3.31. The van der Waals surface area contributed by atoms with Crippen LogP contribution in [0.3, 0.4) is 0 Å². The molecule has 0 fully saturated rings. The first-order valence-electron chi connectivity index (χ1n) is 2.60. The van der Waals surface area contributed by atoms with Crippen LogP contribution in [0, 0.1) is 0 Å². The third kappa shape index (κ3) is 3.28. The predicted molar refractivity (Wildman–Crippen MR) is 34.8 cm³/mol. The summed E-state index contributed by atoms with van der Waals surface area (Å²) >= 11 is 0. The first-order valence-corrected chi connectivity index (χ1v) is 2.60. The van der Waals surface area contributed by atoms with Crippen LogP contribution in [0.4, 0.5) is 0 Å². The summed E-state index contributed by atoms with van der Waals surface area (Å²) in [7, 11) is 0. The average molecular weight is 98.2 g/mol. The monoisotopic (exact) mass is 98.1 g/mol. The molecule has 0 aliphatic heterocycles. The molecule has 0 aliphatic rings. The van der Waals surface area contributed by atoms with Crippen LogP contribution in [-0.2, 0) is 0 Å². The number of hydrogen-bond donors (Lipinski definition) is 0. The molecule has 0 heterocycles. The zero-order valence-electron chi connectivity index (χ0n) is 5.07. The Balaban J connectivity index is 3.37. The van der Waals surface area contributed by atoms with Crippen LogP contribution in [-0.4, -0.2) is 12.4 Å². The lowest BCUT2D eigenvalue weighted by Gasteiger charge is -1.75. The van der Waals surface area contributed by atoms with E-state index in [-0.39, 0.29) is 0 Å². The van der Waals surface area contributed by atoms with Crippen LogP contribution in [0.25, 0.3) is 0 Å². The van der Waals surface area contributed by atoms with Gasteiger partial charge in [-0.25, -0.2) is 0 Å². The standard InChI is InChI=1S/C6H12N/c1-4-5-6(2)7-3/h3-5H2,1-2H3/q+1. The van der Waals surface area contributed by atoms with Crippen LogP contribution >= 0.6 is 0 Å². The normalized spacial score (nSPS) is 7.71. The van der Waals surface area contributed by atoms with Crippen molar-refractivity contribution in [1.29, 1.82) is 0 Å². The van der Waals surface area contributed by atoms with Gasteiger partial charge < -0.3 is 0 Å². The lowest BCUT2D eigenvalue weighted by Crippen LogP contribution is -1.91. The van der Waals surface area contributed by atoms with Gasteiger partial charge in [0.2, 0.25) is 0 Å². The first kappa shape index (κ1) is 6.45. The molecule has 1 nitrogen and oxygen atoms in total. The number of hydrogen-bond acceptors (Lipinski definition) is 0. The fourth-order valence-corrected chi connectivity index (χ4v) is 0.441. The molecule has 0 radical (unpaired) electrons. The Bertz CT molecular complexity index is 88.4. The van der Waals surface area contributed by atoms with Crippen molar-refractivity contribution >= 4 is 12.4 Å². The fraction of sp³-hybridized carbons (Fsp3) is 0.667. The zero-order chi connectivity index (χ0) is 5.70. The van der Waals surface area contributed by atoms with Crippen molar-refractivity contribution in [3.05, 3.63) is 0 Å². The van der Waals surface area contributed by atoms with Gasteiger partial charge in [-0.1, -0.05) is 6.92 Å². The molecule has 0 unspecified atom stereocenters. The van der Waals surface area contributed by atoms with E-state index in [0.29, 0.717) is 0 Å². The van der Waals surface area contributed by atoms with Gasteiger partial charge in [-0.2, -0.15) is 0 Å². The van der Waals surface area contributed by atoms with Gasteiger partial charge >= 0.3 is 0 Å². The molecule has 0 saturated carbocycles. The SMILES string of the molecule is C=[N+]=C(C)CCC. The lowest BCUT2D eigenvalue weighted by molar-refractivity contribution is 0.988. The Kier molecular flexibility index (Phi) is 3.35. The smallest absolute Gasteiger partial charge is 0.111 e. The van der Waals surface area contributed by atoms with E-state index in [2.05, 4.69) is 18.3 Å². The van der Waals surface area contributed by atoms with Crippen LogP contribution in [0.15, 0.2) is 0 Å². The molecule has 0 N–H and O–H groups in total. The molecule has 40 valence electrons. The molecule has 0 aliphatic carbocycles. The van der Waals surface area contributed by atoms with Crippen LogP contribution in [0.5, 0.6) is 0 Å². The van der Waals surface area contributed by atoms with Gasteiger partial charge in [0, 0.05) is 13.3 Å². The van der Waals surface area contributed by atoms with Gasteiger partial charge in [-0.15, -0.1) is 4.67 Å². The molecule has 0 bridgehead atoms. The summed E-state index contributed by atoms with van der Waals surface area (Å²) in [4.78, 5) is 0. The van der Waals surface area contributed by atoms with Crippen molar-refractivity contribution in [2.24, 2.45) is 0 Å². The summed E-state index contributed by atoms with van der Waals surface area (Å²) in [6.07, 6.45) is 2.26. The molecule has 0 spiro atoms. The molecule has 0 atom stereocenters. The van der Waals surface area contributed by atoms with Crippen molar-refractivity contribution in [3.8, 4) is 0 Å². The van der Waals surface area contributed by atoms with Crippen molar-refractivity contribution in [3.63, 3.8) is 0 Å². The van der Waals surface area contributed by atoms with E-state index in [1.54, 1.807) is 0 Å². The molecule has 7 heavy (non-hydrogen) atoms. The van der Waals surface area contributed by atoms with E-state index in [1.807, 2.05) is 6.92 Å². The van der Waals surface area contributed by atoms with Crippen molar-refractivity contribution in [1.82, 2.24) is 4.67 Å². The minimum absolute atomic E-state index is 1.09. The Hall–Kier alpha value is -0.550. The maximum atomic E-state index is 3.74. The quantitative estimate of drug-likeness (QED) is 0.361. The van der Waals surface area contributed by atoms with E-state index in [0.717, 1.165) is 12.1 Å². The third-order valence-electron chi connectivity index (χ3n) is 0.882.